The van der Waals surface area contributed by atoms with Gasteiger partial charge in [-0.25, -0.2) is 9.59 Å². The van der Waals surface area contributed by atoms with Gasteiger partial charge in [-0.15, -0.1) is 0 Å². The van der Waals surface area contributed by atoms with Gasteiger partial charge in [-0.05, 0) is 86.5 Å². The summed E-state index contributed by atoms with van der Waals surface area (Å²) < 4.78 is 11.3. The van der Waals surface area contributed by atoms with Gasteiger partial charge in [0.2, 0.25) is 0 Å². The van der Waals surface area contributed by atoms with Crippen LogP contribution >= 0.6 is 0 Å². The van der Waals surface area contributed by atoms with Crippen molar-refractivity contribution in [3.8, 4) is 0 Å². The largest absolute Gasteiger partial charge is 0.459 e. The first kappa shape index (κ1) is 20.9. The Bertz CT molecular complexity index is 621. The molecule has 1 aromatic rings. The predicted octanol–water partition coefficient (Wildman–Crippen LogP) is 5.94. The fourth-order valence-corrected chi connectivity index (χ4v) is 4.16. The molecule has 2 aliphatic carbocycles. The lowest BCUT2D eigenvalue weighted by Crippen LogP contribution is -2.28. The summed E-state index contributed by atoms with van der Waals surface area (Å²) in [6, 6.07) is 6.65. The van der Waals surface area contributed by atoms with Crippen LogP contribution in [-0.2, 0) is 9.47 Å². The van der Waals surface area contributed by atoms with Crippen LogP contribution in [0.5, 0.6) is 0 Å². The molecule has 0 atom stereocenters. The van der Waals surface area contributed by atoms with E-state index in [-0.39, 0.29) is 24.1 Å². The highest BCUT2D eigenvalue weighted by Gasteiger charge is 2.30. The van der Waals surface area contributed by atoms with Gasteiger partial charge in [0.15, 0.2) is 0 Å². The minimum absolute atomic E-state index is 0.000666. The third-order valence-corrected chi connectivity index (χ3v) is 6.48. The summed E-state index contributed by atoms with van der Waals surface area (Å²) in [7, 11) is 0. The van der Waals surface area contributed by atoms with E-state index in [4.69, 9.17) is 9.47 Å². The van der Waals surface area contributed by atoms with Crippen LogP contribution < -0.4 is 0 Å². The van der Waals surface area contributed by atoms with Crippen LogP contribution in [0.4, 0.5) is 0 Å². The van der Waals surface area contributed by atoms with Gasteiger partial charge >= 0.3 is 11.9 Å². The van der Waals surface area contributed by atoms with Crippen molar-refractivity contribution in [1.82, 2.24) is 0 Å². The Kier molecular flexibility index (Phi) is 6.16. The molecule has 4 heteroatoms. The molecule has 2 fully saturated rings. The first-order valence-corrected chi connectivity index (χ1v) is 10.7. The highest BCUT2D eigenvalue weighted by atomic mass is 16.5. The van der Waals surface area contributed by atoms with Crippen molar-refractivity contribution < 1.29 is 19.1 Å². The van der Waals surface area contributed by atoms with Gasteiger partial charge in [-0.3, -0.25) is 0 Å². The van der Waals surface area contributed by atoms with Gasteiger partial charge in [0.1, 0.15) is 12.2 Å². The SMILES string of the molecule is CC1(C)CCC(OC(=O)c2ccc(C(=O)OC3CCC(C)(C)CC3)cc2)CC1. The Morgan fingerprint density at radius 3 is 1.25 bits per heavy atom. The molecule has 2 saturated carbocycles. The molecule has 0 unspecified atom stereocenters. The van der Waals surface area contributed by atoms with Crippen molar-refractivity contribution in [2.75, 3.05) is 0 Å². The fourth-order valence-electron chi connectivity index (χ4n) is 4.16. The number of ether oxygens (including phenoxy) is 2. The van der Waals surface area contributed by atoms with Crippen LogP contribution in [0.3, 0.4) is 0 Å². The molecule has 0 heterocycles. The van der Waals surface area contributed by atoms with Crippen LogP contribution in [0.25, 0.3) is 0 Å². The predicted molar refractivity (Wildman–Crippen MR) is 109 cm³/mol. The third kappa shape index (κ3) is 5.59. The second kappa shape index (κ2) is 8.26. The number of hydrogen-bond donors (Lipinski definition) is 0. The number of benzene rings is 1. The number of esters is 2. The molecule has 0 saturated heterocycles. The van der Waals surface area contributed by atoms with Gasteiger partial charge in [-0.1, -0.05) is 27.7 Å². The van der Waals surface area contributed by atoms with Crippen LogP contribution in [0.1, 0.15) is 99.8 Å². The Labute approximate surface area is 169 Å². The van der Waals surface area contributed by atoms with E-state index in [1.165, 1.54) is 0 Å². The molecule has 0 N–H and O–H groups in total. The molecule has 0 bridgehead atoms. The van der Waals surface area contributed by atoms with Crippen LogP contribution in [0.15, 0.2) is 24.3 Å². The van der Waals surface area contributed by atoms with Gasteiger partial charge < -0.3 is 9.47 Å². The van der Waals surface area contributed by atoms with Crippen molar-refractivity contribution in [2.45, 2.75) is 91.3 Å². The number of carbonyl (C=O) groups excluding carboxylic acids is 2. The molecule has 4 nitrogen and oxygen atoms in total. The summed E-state index contributed by atoms with van der Waals surface area (Å²) in [5.41, 5.74) is 1.67. The van der Waals surface area contributed by atoms with Crippen LogP contribution in [0, 0.1) is 10.8 Å². The van der Waals surface area contributed by atoms with Crippen LogP contribution in [0.2, 0.25) is 0 Å². The Balaban J connectivity index is 1.50. The lowest BCUT2D eigenvalue weighted by Gasteiger charge is -2.34. The number of hydrogen-bond acceptors (Lipinski definition) is 4. The highest BCUT2D eigenvalue weighted by Crippen LogP contribution is 2.37. The van der Waals surface area contributed by atoms with E-state index < -0.39 is 0 Å². The van der Waals surface area contributed by atoms with E-state index in [0.717, 1.165) is 51.4 Å². The molecule has 0 aromatic heterocycles. The summed E-state index contributed by atoms with van der Waals surface area (Å²) in [5, 5.41) is 0. The van der Waals surface area contributed by atoms with Crippen molar-refractivity contribution >= 4 is 11.9 Å². The maximum absolute atomic E-state index is 12.4. The lowest BCUT2D eigenvalue weighted by molar-refractivity contribution is 0.00840. The van der Waals surface area contributed by atoms with E-state index in [1.807, 2.05) is 0 Å². The minimum atomic E-state index is -0.306. The number of carbonyl (C=O) groups is 2. The molecule has 0 spiro atoms. The molecule has 3 rings (SSSR count). The summed E-state index contributed by atoms with van der Waals surface area (Å²) in [6.45, 7) is 9.04. The summed E-state index contributed by atoms with van der Waals surface area (Å²) in [4.78, 5) is 24.8. The normalized spacial score (nSPS) is 22.4. The standard InChI is InChI=1S/C24H34O4/c1-23(2)13-9-19(10-14-23)27-21(25)17-5-7-18(8-6-17)22(26)28-20-11-15-24(3,4)16-12-20/h5-8,19-20H,9-16H2,1-4H3. The average Bonchev–Trinajstić information content (AvgIpc) is 2.65. The molecule has 154 valence electrons. The smallest absolute Gasteiger partial charge is 0.338 e. The van der Waals surface area contributed by atoms with Crippen LogP contribution in [-0.4, -0.2) is 24.1 Å². The summed E-state index contributed by atoms with van der Waals surface area (Å²) >= 11 is 0. The molecule has 2 aliphatic rings. The first-order chi connectivity index (χ1) is 13.1. The molecule has 0 amide bonds. The Hall–Kier alpha value is -1.84. The quantitative estimate of drug-likeness (QED) is 0.601. The Morgan fingerprint density at radius 1 is 0.679 bits per heavy atom. The molecular formula is C24H34O4. The van der Waals surface area contributed by atoms with Gasteiger partial charge in [0.05, 0.1) is 11.1 Å². The number of rotatable bonds is 4. The molecule has 0 radical (unpaired) electrons. The van der Waals surface area contributed by atoms with Crippen molar-refractivity contribution in [3.63, 3.8) is 0 Å². The van der Waals surface area contributed by atoms with Gasteiger partial charge in [-0.2, -0.15) is 0 Å². The topological polar surface area (TPSA) is 52.6 Å². The zero-order valence-electron chi connectivity index (χ0n) is 17.8. The first-order valence-electron chi connectivity index (χ1n) is 10.7. The zero-order chi connectivity index (χ0) is 20.4. The van der Waals surface area contributed by atoms with Crippen molar-refractivity contribution in [2.24, 2.45) is 10.8 Å². The maximum Gasteiger partial charge on any atom is 0.338 e. The van der Waals surface area contributed by atoms with E-state index >= 15 is 0 Å². The zero-order valence-corrected chi connectivity index (χ0v) is 17.8. The molecule has 1 aromatic carbocycles. The molecular weight excluding hydrogens is 352 g/mol. The van der Waals surface area contributed by atoms with E-state index in [0.29, 0.717) is 22.0 Å². The second-order valence-electron chi connectivity index (χ2n) is 10.1. The summed E-state index contributed by atoms with van der Waals surface area (Å²) in [6.07, 6.45) is 7.98. The fraction of sp³-hybridized carbons (Fsp3) is 0.667. The van der Waals surface area contributed by atoms with Gasteiger partial charge in [0.25, 0.3) is 0 Å². The van der Waals surface area contributed by atoms with Crippen molar-refractivity contribution in [3.05, 3.63) is 35.4 Å². The monoisotopic (exact) mass is 386 g/mol. The van der Waals surface area contributed by atoms with Crippen molar-refractivity contribution in [1.29, 1.82) is 0 Å². The van der Waals surface area contributed by atoms with E-state index in [2.05, 4.69) is 27.7 Å². The third-order valence-electron chi connectivity index (χ3n) is 6.48. The van der Waals surface area contributed by atoms with E-state index in [1.54, 1.807) is 24.3 Å². The lowest BCUT2D eigenvalue weighted by atomic mass is 9.76. The molecule has 28 heavy (non-hydrogen) atoms. The van der Waals surface area contributed by atoms with Gasteiger partial charge in [0, 0.05) is 0 Å². The maximum atomic E-state index is 12.4. The summed E-state index contributed by atoms with van der Waals surface area (Å²) in [5.74, 6) is -0.613. The molecule has 0 aliphatic heterocycles. The highest BCUT2D eigenvalue weighted by molar-refractivity contribution is 5.93. The Morgan fingerprint density at radius 2 is 0.964 bits per heavy atom. The van der Waals surface area contributed by atoms with E-state index in [9.17, 15) is 9.59 Å². The average molecular weight is 387 g/mol. The minimum Gasteiger partial charge on any atom is -0.459 e. The second-order valence-corrected chi connectivity index (χ2v) is 10.1.